The van der Waals surface area contributed by atoms with Crippen LogP contribution >= 0.6 is 15.9 Å². The normalized spacial score (nSPS) is 11.3. The van der Waals surface area contributed by atoms with Crippen LogP contribution in [0.1, 0.15) is 12.6 Å². The van der Waals surface area contributed by atoms with Gasteiger partial charge >= 0.3 is 0 Å². The molecule has 0 saturated carbocycles. The van der Waals surface area contributed by atoms with Gasteiger partial charge in [0, 0.05) is 11.0 Å². The predicted molar refractivity (Wildman–Crippen MR) is 79.4 cm³/mol. The van der Waals surface area contributed by atoms with Crippen LogP contribution in [-0.2, 0) is 6.54 Å². The van der Waals surface area contributed by atoms with Gasteiger partial charge in [0.15, 0.2) is 5.65 Å². The van der Waals surface area contributed by atoms with Crippen LogP contribution in [0.3, 0.4) is 0 Å². The second-order valence-corrected chi connectivity index (χ2v) is 5.27. The maximum atomic E-state index is 6.07. The van der Waals surface area contributed by atoms with Crippen molar-refractivity contribution in [3.63, 3.8) is 0 Å². The van der Waals surface area contributed by atoms with Crippen molar-refractivity contribution in [2.45, 2.75) is 20.4 Å². The summed E-state index contributed by atoms with van der Waals surface area (Å²) in [6.45, 7) is 4.79. The molecule has 2 heterocycles. The summed E-state index contributed by atoms with van der Waals surface area (Å²) >= 11 is 3.48. The zero-order valence-corrected chi connectivity index (χ0v) is 12.3. The second-order valence-electron chi connectivity index (χ2n) is 4.36. The van der Waals surface area contributed by atoms with Gasteiger partial charge in [-0.05, 0) is 32.0 Å². The standard InChI is InChI=1S/C13H14BrN5/c1-3-18-12-11(8(2)17-18)16-13(15)19(12)10-6-4-5-9(14)7-10/h4-7H,3H2,1-2H3,(H2,15,16). The molecule has 2 N–H and O–H groups in total. The quantitative estimate of drug-likeness (QED) is 0.790. The molecule has 0 radical (unpaired) electrons. The number of nitrogens with zero attached hydrogens (tertiary/aromatic N) is 4. The number of imidazole rings is 1. The van der Waals surface area contributed by atoms with Gasteiger partial charge in [-0.1, -0.05) is 22.0 Å². The van der Waals surface area contributed by atoms with Crippen LogP contribution in [0.2, 0.25) is 0 Å². The van der Waals surface area contributed by atoms with Gasteiger partial charge in [0.25, 0.3) is 0 Å². The molecule has 0 aliphatic heterocycles. The summed E-state index contributed by atoms with van der Waals surface area (Å²) in [7, 11) is 0. The summed E-state index contributed by atoms with van der Waals surface area (Å²) in [5.41, 5.74) is 9.74. The fourth-order valence-corrected chi connectivity index (χ4v) is 2.66. The van der Waals surface area contributed by atoms with Gasteiger partial charge < -0.3 is 5.73 Å². The van der Waals surface area contributed by atoms with Crippen LogP contribution in [0, 0.1) is 6.92 Å². The van der Waals surface area contributed by atoms with E-state index in [1.54, 1.807) is 0 Å². The van der Waals surface area contributed by atoms with Crippen LogP contribution < -0.4 is 5.73 Å². The molecule has 6 heteroatoms. The lowest BCUT2D eigenvalue weighted by Crippen LogP contribution is -2.06. The van der Waals surface area contributed by atoms with Crippen molar-refractivity contribution < 1.29 is 0 Å². The van der Waals surface area contributed by atoms with Gasteiger partial charge in [-0.3, -0.25) is 4.57 Å². The predicted octanol–water partition coefficient (Wildman–Crippen LogP) is 2.90. The van der Waals surface area contributed by atoms with Gasteiger partial charge in [-0.25, -0.2) is 9.67 Å². The Morgan fingerprint density at radius 2 is 2.16 bits per heavy atom. The summed E-state index contributed by atoms with van der Waals surface area (Å²) < 4.78 is 4.86. The highest BCUT2D eigenvalue weighted by Gasteiger charge is 2.17. The molecule has 19 heavy (non-hydrogen) atoms. The number of nitrogens with two attached hydrogens (primary N) is 1. The summed E-state index contributed by atoms with van der Waals surface area (Å²) in [4.78, 5) is 4.43. The number of benzene rings is 1. The first-order valence-electron chi connectivity index (χ1n) is 6.09. The molecular formula is C13H14BrN5. The van der Waals surface area contributed by atoms with Gasteiger partial charge in [0.2, 0.25) is 5.95 Å². The molecule has 0 aliphatic rings. The Labute approximate surface area is 119 Å². The maximum absolute atomic E-state index is 6.07. The third-order valence-corrected chi connectivity index (χ3v) is 3.60. The fraction of sp³-hybridized carbons (Fsp3) is 0.231. The minimum absolute atomic E-state index is 0.482. The van der Waals surface area contributed by atoms with Crippen molar-refractivity contribution in [1.82, 2.24) is 19.3 Å². The Balaban J connectivity index is 2.37. The Bertz CT molecular complexity index is 756. The Hall–Kier alpha value is -1.82. The summed E-state index contributed by atoms with van der Waals surface area (Å²) in [5, 5.41) is 4.48. The van der Waals surface area contributed by atoms with Crippen molar-refractivity contribution in [3.8, 4) is 5.69 Å². The van der Waals surface area contributed by atoms with Crippen LogP contribution in [-0.4, -0.2) is 19.3 Å². The third-order valence-electron chi connectivity index (χ3n) is 3.10. The monoisotopic (exact) mass is 319 g/mol. The summed E-state index contributed by atoms with van der Waals surface area (Å²) in [5.74, 6) is 0.482. The molecule has 2 aromatic heterocycles. The first-order valence-corrected chi connectivity index (χ1v) is 6.88. The summed E-state index contributed by atoms with van der Waals surface area (Å²) in [6.07, 6.45) is 0. The maximum Gasteiger partial charge on any atom is 0.207 e. The van der Waals surface area contributed by atoms with Crippen LogP contribution in [0.4, 0.5) is 5.95 Å². The molecule has 0 fully saturated rings. The third kappa shape index (κ3) is 1.83. The zero-order valence-electron chi connectivity index (χ0n) is 10.8. The van der Waals surface area contributed by atoms with Crippen molar-refractivity contribution in [3.05, 3.63) is 34.4 Å². The highest BCUT2D eigenvalue weighted by Crippen LogP contribution is 2.26. The molecule has 3 aromatic rings. The topological polar surface area (TPSA) is 61.7 Å². The zero-order chi connectivity index (χ0) is 13.6. The van der Waals surface area contributed by atoms with Crippen LogP contribution in [0.5, 0.6) is 0 Å². The van der Waals surface area contributed by atoms with Gasteiger partial charge in [-0.2, -0.15) is 5.10 Å². The number of nitrogen functional groups attached to an aromatic ring is 1. The highest BCUT2D eigenvalue weighted by molar-refractivity contribution is 9.10. The molecule has 0 bridgehead atoms. The van der Waals surface area contributed by atoms with Crippen LogP contribution in [0.15, 0.2) is 28.7 Å². The number of hydrogen-bond acceptors (Lipinski definition) is 3. The van der Waals surface area contributed by atoms with E-state index >= 15 is 0 Å². The molecule has 0 atom stereocenters. The first-order chi connectivity index (χ1) is 9.11. The van der Waals surface area contributed by atoms with E-state index in [0.29, 0.717) is 5.95 Å². The van der Waals surface area contributed by atoms with Gasteiger partial charge in [-0.15, -0.1) is 0 Å². The number of fused-ring (bicyclic) bond motifs is 1. The molecule has 1 aromatic carbocycles. The number of aromatic nitrogens is 4. The lowest BCUT2D eigenvalue weighted by molar-refractivity contribution is 0.663. The average Bonchev–Trinajstić information content (AvgIpc) is 2.86. The van der Waals surface area contributed by atoms with E-state index in [9.17, 15) is 0 Å². The number of aryl methyl sites for hydroxylation is 2. The number of halogens is 1. The number of hydrogen-bond donors (Lipinski definition) is 1. The van der Waals surface area contributed by atoms with Crippen molar-refractivity contribution >= 4 is 33.0 Å². The molecule has 0 aliphatic carbocycles. The van der Waals surface area contributed by atoms with E-state index in [4.69, 9.17) is 5.73 Å². The van der Waals surface area contributed by atoms with Crippen molar-refractivity contribution in [2.24, 2.45) is 0 Å². The van der Waals surface area contributed by atoms with Crippen molar-refractivity contribution in [2.75, 3.05) is 5.73 Å². The number of anilines is 1. The van der Waals surface area contributed by atoms with E-state index in [1.807, 2.05) is 40.4 Å². The highest BCUT2D eigenvalue weighted by atomic mass is 79.9. The van der Waals surface area contributed by atoms with E-state index in [-0.39, 0.29) is 0 Å². The largest absolute Gasteiger partial charge is 0.369 e. The molecular weight excluding hydrogens is 306 g/mol. The second kappa shape index (κ2) is 4.38. The molecule has 0 saturated heterocycles. The SMILES string of the molecule is CCn1nc(C)c2nc(N)n(-c3cccc(Br)c3)c21. The molecule has 3 rings (SSSR count). The van der Waals surface area contributed by atoms with Gasteiger partial charge in [0.05, 0.1) is 11.4 Å². The van der Waals surface area contributed by atoms with E-state index in [0.717, 1.165) is 33.6 Å². The van der Waals surface area contributed by atoms with Crippen LogP contribution in [0.25, 0.3) is 16.9 Å². The number of rotatable bonds is 2. The average molecular weight is 320 g/mol. The van der Waals surface area contributed by atoms with Crippen molar-refractivity contribution in [1.29, 1.82) is 0 Å². The van der Waals surface area contributed by atoms with E-state index in [2.05, 4.69) is 32.9 Å². The Kier molecular flexibility index (Phi) is 2.82. The lowest BCUT2D eigenvalue weighted by atomic mass is 10.3. The summed E-state index contributed by atoms with van der Waals surface area (Å²) in [6, 6.07) is 7.98. The van der Waals surface area contributed by atoms with E-state index < -0.39 is 0 Å². The Morgan fingerprint density at radius 3 is 2.84 bits per heavy atom. The molecule has 0 spiro atoms. The molecule has 0 unspecified atom stereocenters. The van der Waals surface area contributed by atoms with E-state index in [1.165, 1.54) is 0 Å². The minimum Gasteiger partial charge on any atom is -0.369 e. The molecule has 5 nitrogen and oxygen atoms in total. The lowest BCUT2D eigenvalue weighted by Gasteiger charge is -2.08. The Morgan fingerprint density at radius 1 is 1.37 bits per heavy atom. The molecule has 98 valence electrons. The van der Waals surface area contributed by atoms with Gasteiger partial charge in [0.1, 0.15) is 5.52 Å². The first kappa shape index (κ1) is 12.2. The fourth-order valence-electron chi connectivity index (χ4n) is 2.28. The minimum atomic E-state index is 0.482. The smallest absolute Gasteiger partial charge is 0.207 e. The molecule has 0 amide bonds.